The fraction of sp³-hybridized carbons (Fsp3) is 0.167. The lowest BCUT2D eigenvalue weighted by Gasteiger charge is -2.14. The molecule has 0 aromatic heterocycles. The van der Waals surface area contributed by atoms with E-state index in [-0.39, 0.29) is 23.4 Å². The third-order valence-electron chi connectivity index (χ3n) is 5.56. The van der Waals surface area contributed by atoms with E-state index in [1.54, 1.807) is 36.4 Å². The number of nitro benzene ring substituents is 2. The lowest BCUT2D eigenvalue weighted by atomic mass is 9.97. The van der Waals surface area contributed by atoms with E-state index < -0.39 is 33.3 Å². The predicted octanol–water partition coefficient (Wildman–Crippen LogP) is 4.64. The molecule has 1 atom stereocenters. The van der Waals surface area contributed by atoms with E-state index in [0.29, 0.717) is 22.6 Å². The molecule has 0 spiro atoms. The molecule has 0 radical (unpaired) electrons. The molecule has 1 aliphatic rings. The first-order chi connectivity index (χ1) is 17.3. The van der Waals surface area contributed by atoms with E-state index >= 15 is 0 Å². The van der Waals surface area contributed by atoms with Crippen LogP contribution in [0.2, 0.25) is 0 Å². The van der Waals surface area contributed by atoms with Crippen LogP contribution in [0.5, 0.6) is 11.5 Å². The number of cyclic esters (lactones) is 1. The molecule has 184 valence electrons. The number of carbonyl (C=O) groups is 1. The smallest absolute Gasteiger partial charge is 0.343 e. The van der Waals surface area contributed by atoms with Crippen molar-refractivity contribution in [3.63, 3.8) is 0 Å². The topological polar surface area (TPSA) is 155 Å². The van der Waals surface area contributed by atoms with Gasteiger partial charge in [-0.2, -0.15) is 5.10 Å². The Labute approximate surface area is 204 Å². The number of non-ortho nitro benzene ring substituents is 1. The summed E-state index contributed by atoms with van der Waals surface area (Å²) in [5.41, 5.74) is 3.65. The van der Waals surface area contributed by atoms with E-state index in [9.17, 15) is 25.0 Å². The standard InChI is InChI=1S/C24H20N4O8/c1-34-20-11-9-16-21(36-24(29)22(16)23(20)35-2)13-18(14-6-4-3-5-7-14)26-25-17-10-8-15(27(30)31)12-19(17)28(32)33/h3-12,21,25H,13H2,1-2H3/b26-18-/t21-/m1/s1. The summed E-state index contributed by atoms with van der Waals surface area (Å²) in [7, 11) is 2.89. The zero-order valence-electron chi connectivity index (χ0n) is 19.2. The van der Waals surface area contributed by atoms with Crippen LogP contribution in [-0.4, -0.2) is 35.7 Å². The number of esters is 1. The molecule has 0 saturated heterocycles. The van der Waals surface area contributed by atoms with E-state index in [1.807, 2.05) is 6.07 Å². The average molecular weight is 492 g/mol. The van der Waals surface area contributed by atoms with E-state index in [4.69, 9.17) is 14.2 Å². The van der Waals surface area contributed by atoms with Crippen molar-refractivity contribution in [2.75, 3.05) is 19.6 Å². The average Bonchev–Trinajstić information content (AvgIpc) is 3.21. The van der Waals surface area contributed by atoms with Crippen molar-refractivity contribution in [2.45, 2.75) is 12.5 Å². The molecule has 1 heterocycles. The van der Waals surface area contributed by atoms with Gasteiger partial charge in [-0.05, 0) is 17.7 Å². The minimum absolute atomic E-state index is 0.0331. The normalized spacial score (nSPS) is 14.6. The summed E-state index contributed by atoms with van der Waals surface area (Å²) in [5, 5.41) is 26.9. The fourth-order valence-corrected chi connectivity index (χ4v) is 3.87. The van der Waals surface area contributed by atoms with Crippen molar-refractivity contribution in [1.29, 1.82) is 0 Å². The van der Waals surface area contributed by atoms with Crippen LogP contribution in [0.4, 0.5) is 17.1 Å². The van der Waals surface area contributed by atoms with Gasteiger partial charge in [0, 0.05) is 18.1 Å². The molecule has 0 saturated carbocycles. The van der Waals surface area contributed by atoms with Crippen LogP contribution in [0, 0.1) is 20.2 Å². The second kappa shape index (κ2) is 10.1. The number of rotatable bonds is 9. The highest BCUT2D eigenvalue weighted by Gasteiger charge is 2.36. The Kier molecular flexibility index (Phi) is 6.77. The molecule has 3 aromatic rings. The van der Waals surface area contributed by atoms with Crippen molar-refractivity contribution < 1.29 is 28.9 Å². The summed E-state index contributed by atoms with van der Waals surface area (Å²) in [6.07, 6.45) is -0.577. The molecule has 0 unspecified atom stereocenters. The minimum atomic E-state index is -0.734. The van der Waals surface area contributed by atoms with Gasteiger partial charge in [-0.1, -0.05) is 36.4 Å². The maximum atomic E-state index is 12.7. The van der Waals surface area contributed by atoms with Gasteiger partial charge in [0.25, 0.3) is 5.69 Å². The van der Waals surface area contributed by atoms with Crippen LogP contribution < -0.4 is 14.9 Å². The number of nitro groups is 2. The van der Waals surface area contributed by atoms with Gasteiger partial charge in [-0.15, -0.1) is 0 Å². The summed E-state index contributed by atoms with van der Waals surface area (Å²) in [6.45, 7) is 0. The first kappa shape index (κ1) is 24.1. The summed E-state index contributed by atoms with van der Waals surface area (Å²) in [4.78, 5) is 33.7. The monoisotopic (exact) mass is 492 g/mol. The van der Waals surface area contributed by atoms with Crippen LogP contribution >= 0.6 is 0 Å². The number of hydrazone groups is 1. The van der Waals surface area contributed by atoms with Gasteiger partial charge >= 0.3 is 11.7 Å². The Hall–Kier alpha value is -5.00. The highest BCUT2D eigenvalue weighted by molar-refractivity contribution is 6.03. The van der Waals surface area contributed by atoms with Crippen molar-refractivity contribution >= 4 is 28.7 Å². The summed E-state index contributed by atoms with van der Waals surface area (Å²) in [5.74, 6) is 0.0791. The van der Waals surface area contributed by atoms with Crippen molar-refractivity contribution in [1.82, 2.24) is 0 Å². The lowest BCUT2D eigenvalue weighted by Crippen LogP contribution is -2.11. The molecule has 4 rings (SSSR count). The fourth-order valence-electron chi connectivity index (χ4n) is 3.87. The molecule has 3 aromatic carbocycles. The number of ether oxygens (including phenoxy) is 3. The van der Waals surface area contributed by atoms with Crippen LogP contribution in [0.3, 0.4) is 0 Å². The quantitative estimate of drug-likeness (QED) is 0.195. The van der Waals surface area contributed by atoms with E-state index in [1.165, 1.54) is 20.3 Å². The maximum absolute atomic E-state index is 12.7. The lowest BCUT2D eigenvalue weighted by molar-refractivity contribution is -0.393. The molecule has 12 nitrogen and oxygen atoms in total. The molecule has 36 heavy (non-hydrogen) atoms. The highest BCUT2D eigenvalue weighted by Crippen LogP contribution is 2.43. The van der Waals surface area contributed by atoms with Crippen LogP contribution in [0.25, 0.3) is 0 Å². The molecular weight excluding hydrogens is 472 g/mol. The van der Waals surface area contributed by atoms with Gasteiger partial charge in [0.1, 0.15) is 17.4 Å². The number of fused-ring (bicyclic) bond motifs is 1. The maximum Gasteiger partial charge on any atom is 0.343 e. The van der Waals surface area contributed by atoms with Crippen molar-refractivity contribution in [2.24, 2.45) is 5.10 Å². The van der Waals surface area contributed by atoms with Crippen LogP contribution in [0.1, 0.15) is 34.0 Å². The summed E-state index contributed by atoms with van der Waals surface area (Å²) < 4.78 is 16.3. The van der Waals surface area contributed by atoms with Gasteiger partial charge in [0.15, 0.2) is 11.5 Å². The number of nitrogens with one attached hydrogen (secondary N) is 1. The zero-order valence-corrected chi connectivity index (χ0v) is 19.2. The Morgan fingerprint density at radius 2 is 1.78 bits per heavy atom. The number of hydrogen-bond donors (Lipinski definition) is 1. The number of nitrogens with zero attached hydrogens (tertiary/aromatic N) is 3. The number of benzene rings is 3. The van der Waals surface area contributed by atoms with E-state index in [0.717, 1.165) is 12.1 Å². The molecule has 0 bridgehead atoms. The molecule has 1 aliphatic heterocycles. The van der Waals surface area contributed by atoms with Crippen molar-refractivity contribution in [3.05, 3.63) is 97.6 Å². The number of hydrogen-bond acceptors (Lipinski definition) is 10. The molecular formula is C24H20N4O8. The Morgan fingerprint density at radius 1 is 1.03 bits per heavy atom. The van der Waals surface area contributed by atoms with Crippen LogP contribution in [0.15, 0.2) is 65.8 Å². The second-order valence-electron chi connectivity index (χ2n) is 7.62. The first-order valence-corrected chi connectivity index (χ1v) is 10.6. The molecule has 0 fully saturated rings. The van der Waals surface area contributed by atoms with Crippen LogP contribution in [-0.2, 0) is 4.74 Å². The molecule has 0 aliphatic carbocycles. The molecule has 0 amide bonds. The number of anilines is 1. The van der Waals surface area contributed by atoms with Gasteiger partial charge in [-0.25, -0.2) is 4.79 Å². The summed E-state index contributed by atoms with van der Waals surface area (Å²) in [6, 6.07) is 15.6. The zero-order chi connectivity index (χ0) is 25.8. The Bertz CT molecular complexity index is 1370. The van der Waals surface area contributed by atoms with Gasteiger partial charge in [-0.3, -0.25) is 25.7 Å². The van der Waals surface area contributed by atoms with Gasteiger partial charge in [0.05, 0.1) is 35.8 Å². The predicted molar refractivity (Wildman–Crippen MR) is 129 cm³/mol. The third kappa shape index (κ3) is 4.64. The summed E-state index contributed by atoms with van der Waals surface area (Å²) >= 11 is 0. The Morgan fingerprint density at radius 3 is 2.42 bits per heavy atom. The SMILES string of the molecule is COc1ccc2c(c1OC)C(=O)O[C@@H]2C/C(=N/Nc1ccc([N+](=O)[O-])cc1[N+](=O)[O-])c1ccccc1. The number of carbonyl (C=O) groups excluding carboxylic acids is 1. The molecule has 12 heteroatoms. The third-order valence-corrected chi connectivity index (χ3v) is 5.56. The minimum Gasteiger partial charge on any atom is -0.493 e. The number of methoxy groups -OCH3 is 2. The van der Waals surface area contributed by atoms with Gasteiger partial charge in [0.2, 0.25) is 0 Å². The first-order valence-electron chi connectivity index (χ1n) is 10.6. The van der Waals surface area contributed by atoms with Crippen molar-refractivity contribution in [3.8, 4) is 11.5 Å². The van der Waals surface area contributed by atoms with E-state index in [2.05, 4.69) is 10.5 Å². The van der Waals surface area contributed by atoms with Gasteiger partial charge < -0.3 is 14.2 Å². The largest absolute Gasteiger partial charge is 0.493 e. The Balaban J connectivity index is 1.71. The second-order valence-corrected chi connectivity index (χ2v) is 7.62. The molecule has 1 N–H and O–H groups in total. The highest BCUT2D eigenvalue weighted by atomic mass is 16.6.